The molecule has 6 nitrogen and oxygen atoms in total. The van der Waals surface area contributed by atoms with Gasteiger partial charge in [0.15, 0.2) is 0 Å². The molecule has 1 saturated heterocycles. The third-order valence-corrected chi connectivity index (χ3v) is 6.49. The first-order valence-corrected chi connectivity index (χ1v) is 8.73. The second kappa shape index (κ2) is 7.15. The van der Waals surface area contributed by atoms with Crippen LogP contribution < -0.4 is 5.43 Å². The average Bonchev–Trinajstić information content (AvgIpc) is 2.91. The Kier molecular flexibility index (Phi) is 5.47. The Balaban J connectivity index is 1.98. The van der Waals surface area contributed by atoms with Gasteiger partial charge in [0.05, 0.1) is 21.1 Å². The molecule has 1 aliphatic rings. The lowest BCUT2D eigenvalue weighted by Crippen LogP contribution is -2.26. The van der Waals surface area contributed by atoms with E-state index in [2.05, 4.69) is 17.5 Å². The summed E-state index contributed by atoms with van der Waals surface area (Å²) in [6.07, 6.45) is 0.397. The third kappa shape index (κ3) is 4.48. The number of nitrogens with one attached hydrogen (secondary N) is 1. The number of carbonyl (C=O) groups excluding carboxylic acids is 1. The Morgan fingerprint density at radius 2 is 2.14 bits per heavy atom. The van der Waals surface area contributed by atoms with Gasteiger partial charge in [-0.25, -0.2) is 5.43 Å². The van der Waals surface area contributed by atoms with Crippen molar-refractivity contribution in [2.24, 2.45) is 5.10 Å². The number of nitrogens with zero attached hydrogens (tertiary/aromatic N) is 2. The number of rotatable bonds is 5. The van der Waals surface area contributed by atoms with Crippen molar-refractivity contribution in [3.8, 4) is 0 Å². The molecule has 0 bridgehead atoms. The van der Waals surface area contributed by atoms with Gasteiger partial charge in [0.1, 0.15) is 0 Å². The molecule has 0 radical (unpaired) electrons. The molecule has 8 heteroatoms. The van der Waals surface area contributed by atoms with Crippen LogP contribution in [0.15, 0.2) is 29.4 Å². The number of thioether (sulfide) groups is 2. The van der Waals surface area contributed by atoms with Gasteiger partial charge in [0.2, 0.25) is 5.91 Å². The van der Waals surface area contributed by atoms with E-state index in [0.29, 0.717) is 17.7 Å². The van der Waals surface area contributed by atoms with Crippen molar-refractivity contribution in [2.75, 3.05) is 11.5 Å². The van der Waals surface area contributed by atoms with Gasteiger partial charge in [-0.2, -0.15) is 5.10 Å². The van der Waals surface area contributed by atoms with Crippen LogP contribution in [0.3, 0.4) is 0 Å². The smallest absolute Gasteiger partial charge is 0.270 e. The van der Waals surface area contributed by atoms with Gasteiger partial charge in [-0.15, -0.1) is 23.5 Å². The number of nitro benzene ring substituents is 1. The van der Waals surface area contributed by atoms with Crippen molar-refractivity contribution in [2.45, 2.75) is 24.3 Å². The van der Waals surface area contributed by atoms with Crippen molar-refractivity contribution in [1.29, 1.82) is 0 Å². The topological polar surface area (TPSA) is 84.6 Å². The first-order chi connectivity index (χ1) is 10.4. The highest BCUT2D eigenvalue weighted by molar-refractivity contribution is 8.21. The average molecular weight is 339 g/mol. The second-order valence-electron chi connectivity index (χ2n) is 5.05. The Labute approximate surface area is 137 Å². The van der Waals surface area contributed by atoms with E-state index in [0.717, 1.165) is 11.5 Å². The lowest BCUT2D eigenvalue weighted by Gasteiger charge is -2.19. The molecule has 1 aromatic carbocycles. The first kappa shape index (κ1) is 16.8. The summed E-state index contributed by atoms with van der Waals surface area (Å²) < 4.78 is -0.0843. The lowest BCUT2D eigenvalue weighted by molar-refractivity contribution is -0.384. The van der Waals surface area contributed by atoms with E-state index in [-0.39, 0.29) is 15.7 Å². The van der Waals surface area contributed by atoms with Gasteiger partial charge in [0.25, 0.3) is 5.69 Å². The summed E-state index contributed by atoms with van der Waals surface area (Å²) in [6, 6.07) is 6.18. The van der Waals surface area contributed by atoms with E-state index in [1.807, 2.05) is 0 Å². The van der Waals surface area contributed by atoms with E-state index < -0.39 is 4.92 Å². The van der Waals surface area contributed by atoms with Crippen molar-refractivity contribution < 1.29 is 9.72 Å². The lowest BCUT2D eigenvalue weighted by atomic mass is 10.1. The van der Waals surface area contributed by atoms with Crippen LogP contribution >= 0.6 is 23.5 Å². The zero-order valence-electron chi connectivity index (χ0n) is 12.4. The summed E-state index contributed by atoms with van der Waals surface area (Å²) >= 11 is 3.58. The standard InChI is InChI=1S/C14H17N3O3S2/c1-10(11-4-3-5-12(8-11)17(19)20)15-16-13(18)9-14(2)21-6-7-22-14/h3-5,8H,6-7,9H2,1-2H3,(H,16,18)/b15-10-. The molecule has 0 unspecified atom stereocenters. The second-order valence-corrected chi connectivity index (χ2v) is 8.50. The molecule has 1 N–H and O–H groups in total. The number of non-ortho nitro benzene ring substituents is 1. The Bertz CT molecular complexity index is 613. The number of hydrazone groups is 1. The summed E-state index contributed by atoms with van der Waals surface area (Å²) in [6.45, 7) is 3.77. The van der Waals surface area contributed by atoms with E-state index in [1.165, 1.54) is 12.1 Å². The molecule has 0 aromatic heterocycles. The quantitative estimate of drug-likeness (QED) is 0.506. The minimum Gasteiger partial charge on any atom is -0.273 e. The highest BCUT2D eigenvalue weighted by atomic mass is 32.2. The van der Waals surface area contributed by atoms with Crippen LogP contribution in [0.5, 0.6) is 0 Å². The molecular weight excluding hydrogens is 322 g/mol. The first-order valence-electron chi connectivity index (χ1n) is 6.75. The number of carbonyl (C=O) groups is 1. The van der Waals surface area contributed by atoms with Crippen LogP contribution in [0.1, 0.15) is 25.8 Å². The molecule has 118 valence electrons. The molecular formula is C14H17N3O3S2. The number of benzene rings is 1. The maximum absolute atomic E-state index is 12.0. The van der Waals surface area contributed by atoms with Gasteiger partial charge in [-0.1, -0.05) is 12.1 Å². The molecule has 1 fully saturated rings. The molecule has 0 spiro atoms. The monoisotopic (exact) mass is 339 g/mol. The predicted octanol–water partition coefficient (Wildman–Crippen LogP) is 3.02. The summed E-state index contributed by atoms with van der Waals surface area (Å²) in [7, 11) is 0. The summed E-state index contributed by atoms with van der Waals surface area (Å²) in [5.41, 5.74) is 3.69. The molecule has 22 heavy (non-hydrogen) atoms. The van der Waals surface area contributed by atoms with Crippen molar-refractivity contribution in [3.63, 3.8) is 0 Å². The van der Waals surface area contributed by atoms with Crippen molar-refractivity contribution in [3.05, 3.63) is 39.9 Å². The molecule has 2 rings (SSSR count). The highest BCUT2D eigenvalue weighted by Crippen LogP contribution is 2.45. The molecule has 1 aromatic rings. The fourth-order valence-electron chi connectivity index (χ4n) is 2.05. The number of hydrogen-bond acceptors (Lipinski definition) is 6. The fraction of sp³-hybridized carbons (Fsp3) is 0.429. The van der Waals surface area contributed by atoms with E-state index in [1.54, 1.807) is 42.6 Å². The Hall–Kier alpha value is -1.54. The van der Waals surface area contributed by atoms with E-state index in [4.69, 9.17) is 0 Å². The summed E-state index contributed by atoms with van der Waals surface area (Å²) in [5.74, 6) is 1.98. The van der Waals surface area contributed by atoms with Gasteiger partial charge >= 0.3 is 0 Å². The third-order valence-electron chi connectivity index (χ3n) is 3.20. The van der Waals surface area contributed by atoms with Crippen LogP contribution in [0.4, 0.5) is 5.69 Å². The Morgan fingerprint density at radius 3 is 2.77 bits per heavy atom. The maximum Gasteiger partial charge on any atom is 0.270 e. The van der Waals surface area contributed by atoms with Crippen LogP contribution in [-0.2, 0) is 4.79 Å². The molecule has 0 aliphatic carbocycles. The summed E-state index contributed by atoms with van der Waals surface area (Å²) in [5, 5.41) is 14.8. The normalized spacial score (nSPS) is 17.3. The SMILES string of the molecule is C/C(=N/NC(=O)CC1(C)SCCS1)c1cccc([N+](=O)[O-])c1. The fourth-order valence-corrected chi connectivity index (χ4v) is 4.88. The predicted molar refractivity (Wildman–Crippen MR) is 91.4 cm³/mol. The minimum absolute atomic E-state index is 0.00430. The number of amides is 1. The van der Waals surface area contributed by atoms with Crippen molar-refractivity contribution in [1.82, 2.24) is 5.43 Å². The molecule has 0 saturated carbocycles. The maximum atomic E-state index is 12.0. The minimum atomic E-state index is -0.454. The highest BCUT2D eigenvalue weighted by Gasteiger charge is 2.32. The summed E-state index contributed by atoms with van der Waals surface area (Å²) in [4.78, 5) is 22.3. The Morgan fingerprint density at radius 1 is 1.45 bits per heavy atom. The largest absolute Gasteiger partial charge is 0.273 e. The van der Waals surface area contributed by atoms with Crippen LogP contribution in [-0.4, -0.2) is 32.1 Å². The number of nitro groups is 1. The van der Waals surface area contributed by atoms with Gasteiger partial charge in [-0.05, 0) is 13.8 Å². The molecule has 1 heterocycles. The van der Waals surface area contributed by atoms with Crippen LogP contribution in [0.2, 0.25) is 0 Å². The van der Waals surface area contributed by atoms with Gasteiger partial charge < -0.3 is 0 Å². The molecule has 1 aliphatic heterocycles. The zero-order valence-corrected chi connectivity index (χ0v) is 14.0. The van der Waals surface area contributed by atoms with E-state index >= 15 is 0 Å². The van der Waals surface area contributed by atoms with Gasteiger partial charge in [-0.3, -0.25) is 14.9 Å². The van der Waals surface area contributed by atoms with Gasteiger partial charge in [0, 0.05) is 29.2 Å². The van der Waals surface area contributed by atoms with Crippen LogP contribution in [0, 0.1) is 10.1 Å². The molecule has 0 atom stereocenters. The van der Waals surface area contributed by atoms with Crippen molar-refractivity contribution >= 4 is 40.8 Å². The zero-order chi connectivity index (χ0) is 16.2. The van der Waals surface area contributed by atoms with Crippen LogP contribution in [0.25, 0.3) is 0 Å². The number of hydrogen-bond donors (Lipinski definition) is 1. The molecule has 1 amide bonds. The van der Waals surface area contributed by atoms with E-state index in [9.17, 15) is 14.9 Å².